The summed E-state index contributed by atoms with van der Waals surface area (Å²) in [5, 5.41) is 0. The molecule has 0 spiro atoms. The highest BCUT2D eigenvalue weighted by atomic mass is 32.2. The van der Waals surface area contributed by atoms with Gasteiger partial charge in [0.15, 0.2) is 4.90 Å². The van der Waals surface area contributed by atoms with Gasteiger partial charge in [-0.25, -0.2) is 0 Å². The average molecular weight is 341 g/mol. The molecule has 1 aliphatic carbocycles. The number of aryl methyl sites for hydroxylation is 1. The first-order chi connectivity index (χ1) is 11.5. The number of terminal acetylenes is 1. The summed E-state index contributed by atoms with van der Waals surface area (Å²) in [6.45, 7) is 0.676. The van der Waals surface area contributed by atoms with Gasteiger partial charge in [-0.15, -0.1) is 6.42 Å². The summed E-state index contributed by atoms with van der Waals surface area (Å²) in [6.07, 6.45) is 11.2. The number of hydrogen-bond acceptors (Lipinski definition) is 3. The molecule has 0 saturated heterocycles. The Bertz CT molecular complexity index is 860. The van der Waals surface area contributed by atoms with Gasteiger partial charge >= 0.3 is 0 Å². The van der Waals surface area contributed by atoms with Crippen molar-refractivity contribution in [1.29, 1.82) is 0 Å². The van der Waals surface area contributed by atoms with E-state index in [4.69, 9.17) is 11.2 Å². The van der Waals surface area contributed by atoms with Crippen LogP contribution in [0.4, 0.5) is 0 Å². The molecule has 1 heterocycles. The van der Waals surface area contributed by atoms with Crippen LogP contribution in [0.25, 0.3) is 11.1 Å². The van der Waals surface area contributed by atoms with Crippen molar-refractivity contribution in [3.8, 4) is 29.2 Å². The van der Waals surface area contributed by atoms with E-state index in [1.165, 1.54) is 17.4 Å². The Morgan fingerprint density at radius 1 is 1.42 bits per heavy atom. The van der Waals surface area contributed by atoms with Gasteiger partial charge in [-0.3, -0.25) is 4.79 Å². The van der Waals surface area contributed by atoms with Crippen LogP contribution >= 0.6 is 0 Å². The summed E-state index contributed by atoms with van der Waals surface area (Å²) < 4.78 is 19.3. The predicted molar refractivity (Wildman–Crippen MR) is 95.6 cm³/mol. The number of benzene rings is 1. The minimum Gasteiger partial charge on any atom is -0.612 e. The highest BCUT2D eigenvalue weighted by molar-refractivity contribution is 7.90. The number of hydrogen-bond donors (Lipinski definition) is 0. The lowest BCUT2D eigenvalue weighted by atomic mass is 10.0. The van der Waals surface area contributed by atoms with Gasteiger partial charge in [-0.2, -0.15) is 0 Å². The highest BCUT2D eigenvalue weighted by Gasteiger charge is 2.23. The second kappa shape index (κ2) is 6.76. The van der Waals surface area contributed by atoms with Crippen LogP contribution in [0, 0.1) is 18.3 Å². The first kappa shape index (κ1) is 16.7. The number of nitrogens with zero attached hydrogens (tertiary/aromatic N) is 1. The molecular formula is C19H19NO3S. The lowest BCUT2D eigenvalue weighted by Crippen LogP contribution is -2.19. The summed E-state index contributed by atoms with van der Waals surface area (Å²) in [5.41, 5.74) is 1.67. The predicted octanol–water partition coefficient (Wildman–Crippen LogP) is 2.56. The Kier molecular flexibility index (Phi) is 4.70. The van der Waals surface area contributed by atoms with Crippen LogP contribution in [0.1, 0.15) is 18.4 Å². The summed E-state index contributed by atoms with van der Waals surface area (Å²) in [7, 11) is 1.67. The molecule has 24 heavy (non-hydrogen) atoms. The standard InChI is InChI=1S/C19H19NO3S/c1-4-14-9-15(11-20(2)19(14)21)17-10-16(24(3)22)7-8-18(17)23-12-13-5-6-13/h1,7-11,13H,5-6,12H2,2-3H3. The third-order valence-electron chi connectivity index (χ3n) is 4.10. The largest absolute Gasteiger partial charge is 0.612 e. The van der Waals surface area contributed by atoms with Crippen LogP contribution in [0.15, 0.2) is 40.2 Å². The lowest BCUT2D eigenvalue weighted by molar-refractivity contribution is 0.301. The molecule has 0 aliphatic heterocycles. The van der Waals surface area contributed by atoms with Gasteiger partial charge in [0, 0.05) is 30.4 Å². The summed E-state index contributed by atoms with van der Waals surface area (Å²) >= 11 is -1.10. The van der Waals surface area contributed by atoms with Crippen LogP contribution in [0.5, 0.6) is 5.75 Å². The van der Waals surface area contributed by atoms with Crippen LogP contribution in [-0.2, 0) is 18.2 Å². The normalized spacial score (nSPS) is 14.9. The zero-order valence-corrected chi connectivity index (χ0v) is 14.6. The van der Waals surface area contributed by atoms with Crippen LogP contribution in [0.3, 0.4) is 0 Å². The van der Waals surface area contributed by atoms with E-state index in [0.29, 0.717) is 23.0 Å². The molecule has 0 N–H and O–H groups in total. The lowest BCUT2D eigenvalue weighted by Gasteiger charge is -2.14. The summed E-state index contributed by atoms with van der Waals surface area (Å²) in [6, 6.07) is 7.18. The van der Waals surface area contributed by atoms with Crippen molar-refractivity contribution in [2.45, 2.75) is 17.7 Å². The molecule has 3 rings (SSSR count). The molecule has 0 radical (unpaired) electrons. The fraction of sp³-hybridized carbons (Fsp3) is 0.316. The van der Waals surface area contributed by atoms with Crippen molar-refractivity contribution >= 4 is 11.2 Å². The SMILES string of the molecule is C#Cc1cc(-c2cc([S+](C)[O-])ccc2OCC2CC2)cn(C)c1=O. The molecule has 4 nitrogen and oxygen atoms in total. The minimum absolute atomic E-state index is 0.211. The van der Waals surface area contributed by atoms with E-state index in [-0.39, 0.29) is 5.56 Å². The Balaban J connectivity index is 2.09. The molecule has 1 aromatic heterocycles. The second-order valence-electron chi connectivity index (χ2n) is 6.07. The highest BCUT2D eigenvalue weighted by Crippen LogP contribution is 2.35. The molecule has 0 amide bonds. The number of rotatable bonds is 5. The van der Waals surface area contributed by atoms with Crippen molar-refractivity contribution in [3.63, 3.8) is 0 Å². The molecule has 2 aromatic rings. The van der Waals surface area contributed by atoms with E-state index in [9.17, 15) is 9.35 Å². The number of pyridine rings is 1. The Hall–Kier alpha value is -2.16. The first-order valence-electron chi connectivity index (χ1n) is 7.77. The number of ether oxygens (including phenoxy) is 1. The van der Waals surface area contributed by atoms with E-state index in [1.54, 1.807) is 25.6 Å². The molecule has 124 valence electrons. The molecule has 1 aromatic carbocycles. The van der Waals surface area contributed by atoms with E-state index < -0.39 is 11.2 Å². The number of aromatic nitrogens is 1. The van der Waals surface area contributed by atoms with Gasteiger partial charge in [0.1, 0.15) is 12.0 Å². The maximum absolute atomic E-state index is 12.0. The maximum atomic E-state index is 12.0. The van der Waals surface area contributed by atoms with E-state index in [1.807, 2.05) is 18.2 Å². The van der Waals surface area contributed by atoms with Gasteiger partial charge < -0.3 is 13.9 Å². The van der Waals surface area contributed by atoms with Gasteiger partial charge in [0.2, 0.25) is 0 Å². The van der Waals surface area contributed by atoms with Crippen LogP contribution < -0.4 is 10.3 Å². The van der Waals surface area contributed by atoms with Crippen LogP contribution in [-0.4, -0.2) is 22.0 Å². The maximum Gasteiger partial charge on any atom is 0.266 e. The average Bonchev–Trinajstić information content (AvgIpc) is 3.39. The molecule has 5 heteroatoms. The van der Waals surface area contributed by atoms with Crippen LogP contribution in [0.2, 0.25) is 0 Å². The quantitative estimate of drug-likeness (QED) is 0.620. The zero-order valence-electron chi connectivity index (χ0n) is 13.7. The smallest absolute Gasteiger partial charge is 0.266 e. The second-order valence-corrected chi connectivity index (χ2v) is 7.45. The monoisotopic (exact) mass is 341 g/mol. The van der Waals surface area contributed by atoms with Crippen molar-refractivity contribution < 1.29 is 9.29 Å². The molecule has 1 aliphatic rings. The fourth-order valence-corrected chi connectivity index (χ4v) is 3.04. The minimum atomic E-state index is -1.10. The molecule has 1 atom stereocenters. The van der Waals surface area contributed by atoms with Gasteiger partial charge in [0.25, 0.3) is 5.56 Å². The van der Waals surface area contributed by atoms with Crippen molar-refractivity contribution in [2.75, 3.05) is 12.9 Å². The summed E-state index contributed by atoms with van der Waals surface area (Å²) in [4.78, 5) is 12.7. The summed E-state index contributed by atoms with van der Waals surface area (Å²) in [5.74, 6) is 3.77. The molecule has 0 bridgehead atoms. The Morgan fingerprint density at radius 3 is 2.79 bits per heavy atom. The van der Waals surface area contributed by atoms with Gasteiger partial charge in [-0.05, 0) is 48.1 Å². The fourth-order valence-electron chi connectivity index (χ4n) is 2.49. The van der Waals surface area contributed by atoms with Gasteiger partial charge in [-0.1, -0.05) is 5.92 Å². The van der Waals surface area contributed by atoms with Gasteiger partial charge in [0.05, 0.1) is 12.2 Å². The Morgan fingerprint density at radius 2 is 2.17 bits per heavy atom. The third-order valence-corrected chi connectivity index (χ3v) is 5.02. The topological polar surface area (TPSA) is 54.3 Å². The van der Waals surface area contributed by atoms with Crippen molar-refractivity contribution in [1.82, 2.24) is 4.57 Å². The molecule has 1 fully saturated rings. The van der Waals surface area contributed by atoms with Crippen molar-refractivity contribution in [3.05, 3.63) is 46.4 Å². The van der Waals surface area contributed by atoms with E-state index in [0.717, 1.165) is 16.9 Å². The Labute approximate surface area is 144 Å². The zero-order chi connectivity index (χ0) is 17.3. The molecular weight excluding hydrogens is 322 g/mol. The van der Waals surface area contributed by atoms with E-state index in [2.05, 4.69) is 5.92 Å². The van der Waals surface area contributed by atoms with Crippen molar-refractivity contribution in [2.24, 2.45) is 13.0 Å². The molecule has 1 saturated carbocycles. The molecule has 1 unspecified atom stereocenters. The van der Waals surface area contributed by atoms with E-state index >= 15 is 0 Å². The third kappa shape index (κ3) is 3.50. The first-order valence-corrected chi connectivity index (χ1v) is 9.33.